The van der Waals surface area contributed by atoms with Crippen LogP contribution in [-0.4, -0.2) is 11.5 Å². The van der Waals surface area contributed by atoms with Gasteiger partial charge in [0.05, 0.1) is 11.1 Å². The Kier molecular flexibility index (Phi) is 4.60. The van der Waals surface area contributed by atoms with Gasteiger partial charge in [-0.05, 0) is 42.0 Å². The fourth-order valence-corrected chi connectivity index (χ4v) is 6.92. The van der Waals surface area contributed by atoms with Gasteiger partial charge in [0.15, 0.2) is 0 Å². The minimum atomic E-state index is -0.0170. The highest BCUT2D eigenvalue weighted by molar-refractivity contribution is 8.04. The average Bonchev–Trinajstić information content (AvgIpc) is 3.04. The van der Waals surface area contributed by atoms with Crippen LogP contribution in [0.4, 0.5) is 0 Å². The minimum Gasteiger partial charge on any atom is -0.260 e. The van der Waals surface area contributed by atoms with E-state index in [1.165, 1.54) is 28.1 Å². The van der Waals surface area contributed by atoms with E-state index < -0.39 is 0 Å². The third-order valence-corrected chi connectivity index (χ3v) is 8.27. The summed E-state index contributed by atoms with van der Waals surface area (Å²) in [5.74, 6) is 0.882. The first-order valence-corrected chi connectivity index (χ1v) is 11.1. The molecule has 4 unspecified atom stereocenters. The molecule has 3 aliphatic rings. The molecule has 140 valence electrons. The molecule has 2 heterocycles. The maximum Gasteiger partial charge on any atom is 0.0574 e. The predicted molar refractivity (Wildman–Crippen MR) is 121 cm³/mol. The number of dihydropyridines is 1. The topological polar surface area (TPSA) is 12.4 Å². The highest BCUT2D eigenvalue weighted by Crippen LogP contribution is 2.67. The van der Waals surface area contributed by atoms with Gasteiger partial charge >= 0.3 is 0 Å². The lowest BCUT2D eigenvalue weighted by molar-refractivity contribution is 0.263. The van der Waals surface area contributed by atoms with Crippen molar-refractivity contribution < 1.29 is 0 Å². The van der Waals surface area contributed by atoms with Crippen molar-refractivity contribution in [3.8, 4) is 0 Å². The van der Waals surface area contributed by atoms with E-state index >= 15 is 0 Å². The smallest absolute Gasteiger partial charge is 0.0574 e. The van der Waals surface area contributed by atoms with Gasteiger partial charge < -0.3 is 0 Å². The van der Waals surface area contributed by atoms with Crippen molar-refractivity contribution in [2.45, 2.75) is 30.9 Å². The number of benzene rings is 2. The molecule has 0 aromatic heterocycles. The van der Waals surface area contributed by atoms with E-state index in [2.05, 4.69) is 104 Å². The van der Waals surface area contributed by atoms with E-state index in [-0.39, 0.29) is 5.41 Å². The predicted octanol–water partition coefficient (Wildman–Crippen LogP) is 6.56. The lowest BCUT2D eigenvalue weighted by Gasteiger charge is -2.44. The molecule has 2 aromatic rings. The zero-order valence-corrected chi connectivity index (χ0v) is 17.0. The Morgan fingerprint density at radius 3 is 2.50 bits per heavy atom. The Morgan fingerprint density at radius 1 is 0.964 bits per heavy atom. The first-order valence-electron chi connectivity index (χ1n) is 10.2. The molecule has 1 fully saturated rings. The molecule has 1 aliphatic carbocycles. The van der Waals surface area contributed by atoms with Crippen molar-refractivity contribution >= 4 is 18.0 Å². The molecule has 0 bridgehead atoms. The van der Waals surface area contributed by atoms with Crippen LogP contribution >= 0.6 is 11.8 Å². The summed E-state index contributed by atoms with van der Waals surface area (Å²) in [7, 11) is 0. The zero-order chi connectivity index (χ0) is 19.0. The molecule has 2 aromatic carbocycles. The van der Waals surface area contributed by atoms with Gasteiger partial charge in [-0.3, -0.25) is 4.99 Å². The normalized spacial score (nSPS) is 30.4. The van der Waals surface area contributed by atoms with Crippen molar-refractivity contribution in [2.75, 3.05) is 0 Å². The maximum absolute atomic E-state index is 4.86. The number of hydrogen-bond acceptors (Lipinski definition) is 2. The quantitative estimate of drug-likeness (QED) is 0.582. The summed E-state index contributed by atoms with van der Waals surface area (Å²) in [6.07, 6.45) is 13.4. The molecule has 0 N–H and O–H groups in total. The molecule has 0 saturated carbocycles. The zero-order valence-electron chi connectivity index (χ0n) is 16.2. The Hall–Kier alpha value is -2.32. The summed E-state index contributed by atoms with van der Waals surface area (Å²) in [5.41, 5.74) is 4.05. The van der Waals surface area contributed by atoms with Crippen LogP contribution in [0.25, 0.3) is 0 Å². The van der Waals surface area contributed by atoms with Crippen LogP contribution in [0.1, 0.15) is 30.4 Å². The van der Waals surface area contributed by atoms with Gasteiger partial charge in [-0.25, -0.2) is 0 Å². The molecule has 0 amide bonds. The maximum atomic E-state index is 4.86. The van der Waals surface area contributed by atoms with Gasteiger partial charge in [-0.2, -0.15) is 0 Å². The number of rotatable bonds is 4. The van der Waals surface area contributed by atoms with E-state index in [1.807, 2.05) is 6.21 Å². The van der Waals surface area contributed by atoms with Gasteiger partial charge in [0, 0.05) is 22.3 Å². The van der Waals surface area contributed by atoms with Crippen molar-refractivity contribution in [3.63, 3.8) is 0 Å². The Morgan fingerprint density at radius 2 is 1.71 bits per heavy atom. The standard InChI is InChI=1S/C26H25NS/c1-19-23(16-15-20-9-4-2-5-10-20)28-25-17-18-27-24-14-8-13-22(26(19,24)25)21-11-6-3-7-12-21/h2-14,17-19,22-23H,15-16H2,1H3. The van der Waals surface area contributed by atoms with Crippen molar-refractivity contribution in [3.05, 3.63) is 107 Å². The van der Waals surface area contributed by atoms with Gasteiger partial charge in [-0.1, -0.05) is 79.7 Å². The number of aliphatic imine (C=N–C) groups is 1. The molecular weight excluding hydrogens is 358 g/mol. The second kappa shape index (κ2) is 7.25. The summed E-state index contributed by atoms with van der Waals surface area (Å²) in [4.78, 5) is 6.36. The molecule has 28 heavy (non-hydrogen) atoms. The van der Waals surface area contributed by atoms with E-state index in [4.69, 9.17) is 4.99 Å². The van der Waals surface area contributed by atoms with Crippen LogP contribution in [-0.2, 0) is 6.42 Å². The largest absolute Gasteiger partial charge is 0.260 e. The second-order valence-electron chi connectivity index (χ2n) is 7.97. The van der Waals surface area contributed by atoms with Gasteiger partial charge in [-0.15, -0.1) is 11.8 Å². The van der Waals surface area contributed by atoms with Crippen molar-refractivity contribution in [1.29, 1.82) is 0 Å². The highest BCUT2D eigenvalue weighted by Gasteiger charge is 2.57. The van der Waals surface area contributed by atoms with Gasteiger partial charge in [0.1, 0.15) is 0 Å². The SMILES string of the molecule is CC1C(CCc2ccccc2)SC2=CC=NC3=CC=CC(c4ccccc4)C321. The van der Waals surface area contributed by atoms with Crippen LogP contribution in [0.15, 0.2) is 101 Å². The van der Waals surface area contributed by atoms with Gasteiger partial charge in [0.2, 0.25) is 0 Å². The Labute approximate surface area is 172 Å². The minimum absolute atomic E-state index is 0.0170. The lowest BCUT2D eigenvalue weighted by atomic mass is 9.59. The summed E-state index contributed by atoms with van der Waals surface area (Å²) >= 11 is 2.09. The van der Waals surface area contributed by atoms with E-state index in [0.29, 0.717) is 17.1 Å². The van der Waals surface area contributed by atoms with E-state index in [1.54, 1.807) is 0 Å². The van der Waals surface area contributed by atoms with Crippen molar-refractivity contribution in [1.82, 2.24) is 0 Å². The summed E-state index contributed by atoms with van der Waals surface area (Å²) in [6, 6.07) is 21.9. The van der Waals surface area contributed by atoms with Crippen LogP contribution in [0, 0.1) is 11.3 Å². The monoisotopic (exact) mass is 383 g/mol. The highest BCUT2D eigenvalue weighted by atomic mass is 32.2. The summed E-state index contributed by atoms with van der Waals surface area (Å²) in [6.45, 7) is 2.45. The van der Waals surface area contributed by atoms with Gasteiger partial charge in [0.25, 0.3) is 0 Å². The van der Waals surface area contributed by atoms with E-state index in [9.17, 15) is 0 Å². The summed E-state index contributed by atoms with van der Waals surface area (Å²) < 4.78 is 0. The Balaban J connectivity index is 1.50. The number of hydrogen-bond donors (Lipinski definition) is 0. The third-order valence-electron chi connectivity index (χ3n) is 6.59. The van der Waals surface area contributed by atoms with Crippen LogP contribution in [0.3, 0.4) is 0 Å². The first-order chi connectivity index (χ1) is 13.8. The molecular formula is C26H25NS. The second-order valence-corrected chi connectivity index (χ2v) is 9.25. The fraction of sp³-hybridized carbons (Fsp3) is 0.269. The number of thioether (sulfide) groups is 1. The molecule has 1 nitrogen and oxygen atoms in total. The number of aryl methyl sites for hydroxylation is 1. The Bertz CT molecular complexity index is 970. The molecule has 2 heteroatoms. The molecule has 2 aliphatic heterocycles. The van der Waals surface area contributed by atoms with Crippen LogP contribution < -0.4 is 0 Å². The molecule has 1 spiro atoms. The number of allylic oxidation sites excluding steroid dienone is 5. The van der Waals surface area contributed by atoms with Crippen molar-refractivity contribution in [2.24, 2.45) is 16.3 Å². The molecule has 4 atom stereocenters. The molecule has 1 saturated heterocycles. The molecule has 5 rings (SSSR count). The first kappa shape index (κ1) is 17.8. The van der Waals surface area contributed by atoms with Crippen LogP contribution in [0.2, 0.25) is 0 Å². The fourth-order valence-electron chi connectivity index (χ4n) is 5.19. The van der Waals surface area contributed by atoms with E-state index in [0.717, 1.165) is 6.42 Å². The lowest BCUT2D eigenvalue weighted by Crippen LogP contribution is -2.38. The molecule has 0 radical (unpaired) electrons. The third kappa shape index (κ3) is 2.74. The van der Waals surface area contributed by atoms with Crippen LogP contribution in [0.5, 0.6) is 0 Å². The number of nitrogens with zero attached hydrogens (tertiary/aromatic N) is 1. The summed E-state index contributed by atoms with van der Waals surface area (Å²) in [5, 5.41) is 0.606. The average molecular weight is 384 g/mol.